The van der Waals surface area contributed by atoms with Crippen LogP contribution in [0.2, 0.25) is 0 Å². The highest BCUT2D eigenvalue weighted by Crippen LogP contribution is 2.48. The summed E-state index contributed by atoms with van der Waals surface area (Å²) in [5.41, 5.74) is 3.30. The van der Waals surface area contributed by atoms with Crippen LogP contribution in [-0.2, 0) is 10.0 Å². The molecule has 3 heterocycles. The molecule has 0 spiro atoms. The number of hydrazine groups is 1. The van der Waals surface area contributed by atoms with E-state index in [4.69, 9.17) is 0 Å². The van der Waals surface area contributed by atoms with Gasteiger partial charge in [-0.2, -0.15) is 0 Å². The second kappa shape index (κ2) is 3.08. The molecule has 0 radical (unpaired) electrons. The summed E-state index contributed by atoms with van der Waals surface area (Å²) in [5, 5.41) is 2.16. The van der Waals surface area contributed by atoms with E-state index in [9.17, 15) is 8.42 Å². The van der Waals surface area contributed by atoms with Crippen molar-refractivity contribution in [2.45, 2.75) is 35.5 Å². The first-order chi connectivity index (χ1) is 8.17. The summed E-state index contributed by atoms with van der Waals surface area (Å²) < 4.78 is 27.1. The Morgan fingerprint density at radius 3 is 2.59 bits per heavy atom. The van der Waals surface area contributed by atoms with Crippen LogP contribution >= 0.6 is 0 Å². The summed E-state index contributed by atoms with van der Waals surface area (Å²) >= 11 is 0. The van der Waals surface area contributed by atoms with Gasteiger partial charge in [-0.25, -0.2) is 23.6 Å². The number of nitrogens with one attached hydrogen (secondary N) is 2. The van der Waals surface area contributed by atoms with Crippen LogP contribution in [0.15, 0.2) is 35.2 Å². The highest BCUT2D eigenvalue weighted by molar-refractivity contribution is 7.89. The van der Waals surface area contributed by atoms with Crippen LogP contribution in [-0.4, -0.2) is 37.6 Å². The number of rotatable bonds is 3. The van der Waals surface area contributed by atoms with Gasteiger partial charge < -0.3 is 0 Å². The summed E-state index contributed by atoms with van der Waals surface area (Å²) in [4.78, 5) is 0.344. The van der Waals surface area contributed by atoms with Crippen LogP contribution in [0, 0.1) is 0 Å². The van der Waals surface area contributed by atoms with Crippen LogP contribution in [0.4, 0.5) is 0 Å². The van der Waals surface area contributed by atoms with E-state index >= 15 is 0 Å². The molecule has 6 heteroatoms. The number of hydrogen-bond donors (Lipinski definition) is 2. The molecule has 4 aliphatic rings. The molecule has 4 fully saturated rings. The van der Waals surface area contributed by atoms with Crippen molar-refractivity contribution in [1.82, 2.24) is 15.2 Å². The van der Waals surface area contributed by atoms with Gasteiger partial charge in [0.05, 0.1) is 17.0 Å². The van der Waals surface area contributed by atoms with Crippen molar-refractivity contribution >= 4 is 10.0 Å². The molecule has 5 rings (SSSR count). The third-order valence-corrected chi connectivity index (χ3v) is 5.41. The van der Waals surface area contributed by atoms with E-state index in [1.54, 1.807) is 24.3 Å². The van der Waals surface area contributed by atoms with E-state index in [0.717, 1.165) is 6.42 Å². The van der Waals surface area contributed by atoms with Crippen molar-refractivity contribution in [3.05, 3.63) is 30.3 Å². The van der Waals surface area contributed by atoms with Gasteiger partial charge in [-0.1, -0.05) is 18.2 Å². The smallest absolute Gasteiger partial charge is 0.240 e. The van der Waals surface area contributed by atoms with Gasteiger partial charge in [0.2, 0.25) is 10.0 Å². The Morgan fingerprint density at radius 1 is 1.29 bits per heavy atom. The first-order valence-electron chi connectivity index (χ1n) is 5.79. The van der Waals surface area contributed by atoms with Gasteiger partial charge in [-0.05, 0) is 18.6 Å². The van der Waals surface area contributed by atoms with Crippen LogP contribution < -0.4 is 10.1 Å². The highest BCUT2D eigenvalue weighted by Gasteiger charge is 2.68. The average molecular weight is 251 g/mol. The second-order valence-corrected chi connectivity index (χ2v) is 6.61. The average Bonchev–Trinajstić information content (AvgIpc) is 2.71. The van der Waals surface area contributed by atoms with Gasteiger partial charge in [-0.15, -0.1) is 0 Å². The number of sulfonamides is 1. The first kappa shape index (κ1) is 10.0. The molecule has 17 heavy (non-hydrogen) atoms. The minimum atomic E-state index is -3.37. The van der Waals surface area contributed by atoms with Gasteiger partial charge in [0, 0.05) is 12.1 Å². The summed E-state index contributed by atoms with van der Waals surface area (Å²) in [6.07, 6.45) is 1.06. The lowest BCUT2D eigenvalue weighted by Crippen LogP contribution is -2.43. The first-order valence-corrected chi connectivity index (χ1v) is 7.27. The molecule has 0 aromatic heterocycles. The maximum Gasteiger partial charge on any atom is 0.240 e. The molecular formula is C11H13N3O2S. The SMILES string of the molecule is O=S(=O)(NC1C2CC3C1N3N2)c1ccccc1. The number of nitrogens with zero attached hydrogens (tertiary/aromatic N) is 1. The molecule has 1 saturated carbocycles. The number of hydrogen-bond acceptors (Lipinski definition) is 4. The molecule has 5 nitrogen and oxygen atoms in total. The summed E-state index contributed by atoms with van der Waals surface area (Å²) in [6, 6.07) is 9.79. The minimum Gasteiger partial charge on any atom is -0.250 e. The standard InChI is InChI=1S/C11H13N3O2S/c15-17(16,7-4-2-1-3-5-7)13-10-8-6-9-11(10)14(9)12-8/h1-5,8-13H,6H2. The molecule has 1 aromatic rings. The molecule has 4 bridgehead atoms. The fourth-order valence-electron chi connectivity index (χ4n) is 3.12. The molecule has 5 atom stereocenters. The lowest BCUT2D eigenvalue weighted by Gasteiger charge is -2.15. The van der Waals surface area contributed by atoms with Crippen LogP contribution in [0.3, 0.4) is 0 Å². The van der Waals surface area contributed by atoms with Crippen LogP contribution in [0.5, 0.6) is 0 Å². The van der Waals surface area contributed by atoms with E-state index in [2.05, 4.69) is 15.2 Å². The van der Waals surface area contributed by atoms with Gasteiger partial charge in [-0.3, -0.25) is 0 Å². The van der Waals surface area contributed by atoms with E-state index < -0.39 is 10.0 Å². The Labute approximate surface area is 99.8 Å². The molecule has 90 valence electrons. The molecule has 5 unspecified atom stereocenters. The third-order valence-electron chi connectivity index (χ3n) is 3.94. The minimum absolute atomic E-state index is 0.0326. The van der Waals surface area contributed by atoms with Crippen molar-refractivity contribution in [3.8, 4) is 0 Å². The molecule has 2 N–H and O–H groups in total. The van der Waals surface area contributed by atoms with E-state index in [1.165, 1.54) is 0 Å². The normalized spacial score (nSPS) is 41.8. The van der Waals surface area contributed by atoms with Gasteiger partial charge >= 0.3 is 0 Å². The monoisotopic (exact) mass is 251 g/mol. The van der Waals surface area contributed by atoms with E-state index in [-0.39, 0.29) is 12.1 Å². The second-order valence-electron chi connectivity index (χ2n) is 4.90. The summed E-state index contributed by atoms with van der Waals surface area (Å²) in [7, 11) is -3.37. The van der Waals surface area contributed by atoms with Crippen molar-refractivity contribution in [2.75, 3.05) is 0 Å². The van der Waals surface area contributed by atoms with Gasteiger partial charge in [0.1, 0.15) is 0 Å². The molecule has 0 amide bonds. The number of benzene rings is 1. The molecule has 1 aliphatic carbocycles. The molecule has 1 aromatic carbocycles. The van der Waals surface area contributed by atoms with Crippen molar-refractivity contribution in [2.24, 2.45) is 0 Å². The van der Waals surface area contributed by atoms with Crippen molar-refractivity contribution in [3.63, 3.8) is 0 Å². The zero-order valence-corrected chi connectivity index (χ0v) is 9.89. The fraction of sp³-hybridized carbons (Fsp3) is 0.455. The third kappa shape index (κ3) is 1.32. The Bertz CT molecular complexity index is 545. The molecular weight excluding hydrogens is 238 g/mol. The Hall–Kier alpha value is -0.950. The zero-order chi connectivity index (χ0) is 11.6. The van der Waals surface area contributed by atoms with E-state index in [1.807, 2.05) is 6.07 Å². The van der Waals surface area contributed by atoms with Gasteiger partial charge in [0.15, 0.2) is 0 Å². The lowest BCUT2D eigenvalue weighted by atomic mass is 10.2. The van der Waals surface area contributed by atoms with Gasteiger partial charge in [0.25, 0.3) is 0 Å². The Balaban J connectivity index is 1.60. The zero-order valence-electron chi connectivity index (χ0n) is 9.08. The number of piperidine rings is 1. The predicted molar refractivity (Wildman–Crippen MR) is 61.5 cm³/mol. The Morgan fingerprint density at radius 2 is 2.06 bits per heavy atom. The maximum absolute atomic E-state index is 12.2. The predicted octanol–water partition coefficient (Wildman–Crippen LogP) is -0.323. The van der Waals surface area contributed by atoms with Crippen LogP contribution in [0.25, 0.3) is 0 Å². The Kier molecular flexibility index (Phi) is 1.82. The molecule has 3 aliphatic heterocycles. The van der Waals surface area contributed by atoms with Crippen molar-refractivity contribution in [1.29, 1.82) is 0 Å². The van der Waals surface area contributed by atoms with E-state index in [0.29, 0.717) is 17.0 Å². The lowest BCUT2D eigenvalue weighted by molar-refractivity contribution is 0.447. The largest absolute Gasteiger partial charge is 0.250 e. The van der Waals surface area contributed by atoms with Crippen molar-refractivity contribution < 1.29 is 8.42 Å². The van der Waals surface area contributed by atoms with Crippen LogP contribution in [0.1, 0.15) is 6.42 Å². The topological polar surface area (TPSA) is 61.2 Å². The molecule has 3 saturated heterocycles. The maximum atomic E-state index is 12.2. The quantitative estimate of drug-likeness (QED) is 0.723. The summed E-state index contributed by atoms with van der Waals surface area (Å²) in [6.45, 7) is 0. The summed E-state index contributed by atoms with van der Waals surface area (Å²) in [5.74, 6) is 0. The fourth-order valence-corrected chi connectivity index (χ4v) is 4.43. The highest BCUT2D eigenvalue weighted by atomic mass is 32.2.